The highest BCUT2D eigenvalue weighted by atomic mass is 16.3. The smallest absolute Gasteiger partial charge is 0.253 e. The van der Waals surface area contributed by atoms with Crippen LogP contribution < -0.4 is 5.32 Å². The van der Waals surface area contributed by atoms with Gasteiger partial charge in [-0.2, -0.15) is 0 Å². The lowest BCUT2D eigenvalue weighted by molar-refractivity contribution is 0.0717. The number of carbonyl (C=O) groups is 1. The lowest BCUT2D eigenvalue weighted by atomic mass is 9.92. The van der Waals surface area contributed by atoms with Gasteiger partial charge in [0.2, 0.25) is 0 Å². The van der Waals surface area contributed by atoms with Crippen LogP contribution in [-0.2, 0) is 0 Å². The molecule has 2 aromatic heterocycles. The number of aromatic nitrogens is 3. The number of nitrogens with one attached hydrogen (secondary N) is 1. The number of aliphatic hydroxyl groups excluding tert-OH is 1. The monoisotopic (exact) mass is 286 g/mol. The van der Waals surface area contributed by atoms with Gasteiger partial charge in [-0.15, -0.1) is 0 Å². The molecular formula is C15H18N4O2. The molecule has 6 heteroatoms. The zero-order chi connectivity index (χ0) is 14.7. The topological polar surface area (TPSA) is 80.0 Å². The first-order valence-corrected chi connectivity index (χ1v) is 7.17. The van der Waals surface area contributed by atoms with E-state index in [1.54, 1.807) is 41.6 Å². The molecule has 2 aromatic rings. The molecule has 3 rings (SSSR count). The molecule has 0 radical (unpaired) electrons. The predicted molar refractivity (Wildman–Crippen MR) is 77.1 cm³/mol. The summed E-state index contributed by atoms with van der Waals surface area (Å²) in [6.07, 6.45) is 9.86. The van der Waals surface area contributed by atoms with Crippen molar-refractivity contribution in [2.24, 2.45) is 0 Å². The van der Waals surface area contributed by atoms with E-state index in [0.29, 0.717) is 11.4 Å². The molecule has 110 valence electrons. The highest BCUT2D eigenvalue weighted by molar-refractivity contribution is 5.94. The van der Waals surface area contributed by atoms with E-state index in [1.165, 1.54) is 0 Å². The molecule has 0 bridgehead atoms. The summed E-state index contributed by atoms with van der Waals surface area (Å²) in [4.78, 5) is 20.4. The third-order valence-corrected chi connectivity index (χ3v) is 3.82. The summed E-state index contributed by atoms with van der Waals surface area (Å²) in [7, 11) is 0. The SMILES string of the molecule is O=C(N[C@@H]1CCCC[C@H]1O)c1ccc(-n2ccnc2)nc1. The number of imidazole rings is 1. The average Bonchev–Trinajstić information content (AvgIpc) is 3.04. The fraction of sp³-hybridized carbons (Fsp3) is 0.400. The third-order valence-electron chi connectivity index (χ3n) is 3.82. The number of rotatable bonds is 3. The van der Waals surface area contributed by atoms with Gasteiger partial charge in [0.05, 0.1) is 17.7 Å². The Morgan fingerprint density at radius 1 is 1.33 bits per heavy atom. The van der Waals surface area contributed by atoms with Crippen LogP contribution in [0.3, 0.4) is 0 Å². The van der Waals surface area contributed by atoms with E-state index < -0.39 is 6.10 Å². The third kappa shape index (κ3) is 3.11. The van der Waals surface area contributed by atoms with Crippen LogP contribution in [-0.4, -0.2) is 37.7 Å². The van der Waals surface area contributed by atoms with E-state index in [2.05, 4.69) is 15.3 Å². The maximum Gasteiger partial charge on any atom is 0.253 e. The summed E-state index contributed by atoms with van der Waals surface area (Å²) in [5.41, 5.74) is 0.497. The Bertz CT molecular complexity index is 595. The molecule has 0 aromatic carbocycles. The van der Waals surface area contributed by atoms with Gasteiger partial charge in [0.15, 0.2) is 0 Å². The Morgan fingerprint density at radius 3 is 2.86 bits per heavy atom. The van der Waals surface area contributed by atoms with Gasteiger partial charge in [0.1, 0.15) is 12.1 Å². The number of amides is 1. The van der Waals surface area contributed by atoms with Crippen molar-refractivity contribution in [3.05, 3.63) is 42.6 Å². The highest BCUT2D eigenvalue weighted by Crippen LogP contribution is 2.18. The fourth-order valence-electron chi connectivity index (χ4n) is 2.60. The van der Waals surface area contributed by atoms with E-state index in [-0.39, 0.29) is 11.9 Å². The average molecular weight is 286 g/mol. The molecule has 1 amide bonds. The van der Waals surface area contributed by atoms with Crippen molar-refractivity contribution in [2.75, 3.05) is 0 Å². The number of hydrogen-bond acceptors (Lipinski definition) is 4. The second-order valence-electron chi connectivity index (χ2n) is 5.31. The molecule has 0 saturated heterocycles. The molecule has 21 heavy (non-hydrogen) atoms. The Balaban J connectivity index is 1.67. The Hall–Kier alpha value is -2.21. The van der Waals surface area contributed by atoms with Gasteiger partial charge in [-0.25, -0.2) is 9.97 Å². The molecule has 1 saturated carbocycles. The molecule has 2 N–H and O–H groups in total. The molecule has 6 nitrogen and oxygen atoms in total. The summed E-state index contributed by atoms with van der Waals surface area (Å²) in [6.45, 7) is 0. The quantitative estimate of drug-likeness (QED) is 0.891. The first-order valence-electron chi connectivity index (χ1n) is 7.17. The predicted octanol–water partition coefficient (Wildman–Crippen LogP) is 1.30. The van der Waals surface area contributed by atoms with Crippen molar-refractivity contribution >= 4 is 5.91 Å². The van der Waals surface area contributed by atoms with Crippen LogP contribution in [0.5, 0.6) is 0 Å². The summed E-state index contributed by atoms with van der Waals surface area (Å²) in [5, 5.41) is 12.8. The maximum atomic E-state index is 12.2. The first kappa shape index (κ1) is 13.8. The van der Waals surface area contributed by atoms with Gasteiger partial charge in [-0.1, -0.05) is 12.8 Å². The number of hydrogen-bond donors (Lipinski definition) is 2. The molecule has 1 fully saturated rings. The van der Waals surface area contributed by atoms with Crippen molar-refractivity contribution in [2.45, 2.75) is 37.8 Å². The summed E-state index contributed by atoms with van der Waals surface area (Å²) >= 11 is 0. The lowest BCUT2D eigenvalue weighted by Gasteiger charge is -2.28. The van der Waals surface area contributed by atoms with Gasteiger partial charge >= 0.3 is 0 Å². The molecule has 0 aliphatic heterocycles. The Kier molecular flexibility index (Phi) is 3.96. The van der Waals surface area contributed by atoms with Crippen LogP contribution in [0.2, 0.25) is 0 Å². The van der Waals surface area contributed by atoms with E-state index in [1.807, 2.05) is 0 Å². The standard InChI is InChI=1S/C15H18N4O2/c20-13-4-2-1-3-12(13)18-15(21)11-5-6-14(17-9-11)19-8-7-16-10-19/h5-10,12-13,20H,1-4H2,(H,18,21)/t12-,13-/m1/s1. The second-order valence-corrected chi connectivity index (χ2v) is 5.31. The first-order chi connectivity index (χ1) is 10.2. The number of pyridine rings is 1. The van der Waals surface area contributed by atoms with E-state index in [0.717, 1.165) is 25.7 Å². The molecule has 1 aliphatic carbocycles. The van der Waals surface area contributed by atoms with Crippen LogP contribution in [0.4, 0.5) is 0 Å². The van der Waals surface area contributed by atoms with Gasteiger partial charge in [0, 0.05) is 18.6 Å². The number of carbonyl (C=O) groups excluding carboxylic acids is 1. The Labute approximate surface area is 122 Å². The van der Waals surface area contributed by atoms with Gasteiger partial charge in [0.25, 0.3) is 5.91 Å². The summed E-state index contributed by atoms with van der Waals surface area (Å²) in [6, 6.07) is 3.35. The summed E-state index contributed by atoms with van der Waals surface area (Å²) in [5.74, 6) is 0.521. The Morgan fingerprint density at radius 2 is 2.19 bits per heavy atom. The van der Waals surface area contributed by atoms with Crippen LogP contribution in [0.1, 0.15) is 36.0 Å². The highest BCUT2D eigenvalue weighted by Gasteiger charge is 2.24. The van der Waals surface area contributed by atoms with Gasteiger partial charge < -0.3 is 10.4 Å². The lowest BCUT2D eigenvalue weighted by Crippen LogP contribution is -2.45. The van der Waals surface area contributed by atoms with Crippen molar-refractivity contribution in [1.82, 2.24) is 19.9 Å². The molecule has 2 atom stereocenters. The zero-order valence-corrected chi connectivity index (χ0v) is 11.6. The molecular weight excluding hydrogens is 268 g/mol. The molecule has 2 heterocycles. The van der Waals surface area contributed by atoms with Gasteiger partial charge in [-0.05, 0) is 25.0 Å². The van der Waals surface area contributed by atoms with Crippen LogP contribution in [0.25, 0.3) is 5.82 Å². The second kappa shape index (κ2) is 6.05. The minimum absolute atomic E-state index is 0.153. The van der Waals surface area contributed by atoms with E-state index >= 15 is 0 Å². The van der Waals surface area contributed by atoms with Crippen LogP contribution in [0.15, 0.2) is 37.1 Å². The van der Waals surface area contributed by atoms with Crippen molar-refractivity contribution in [1.29, 1.82) is 0 Å². The van der Waals surface area contributed by atoms with Crippen molar-refractivity contribution in [3.63, 3.8) is 0 Å². The minimum atomic E-state index is -0.444. The van der Waals surface area contributed by atoms with Crippen molar-refractivity contribution < 1.29 is 9.90 Å². The normalized spacial score (nSPS) is 22.0. The van der Waals surface area contributed by atoms with Crippen LogP contribution in [0, 0.1) is 0 Å². The fourth-order valence-corrected chi connectivity index (χ4v) is 2.60. The molecule has 0 spiro atoms. The van der Waals surface area contributed by atoms with Crippen LogP contribution >= 0.6 is 0 Å². The number of nitrogens with zero attached hydrogens (tertiary/aromatic N) is 3. The van der Waals surface area contributed by atoms with E-state index in [9.17, 15) is 9.90 Å². The van der Waals surface area contributed by atoms with Gasteiger partial charge in [-0.3, -0.25) is 9.36 Å². The zero-order valence-electron chi connectivity index (χ0n) is 11.6. The maximum absolute atomic E-state index is 12.2. The minimum Gasteiger partial charge on any atom is -0.391 e. The van der Waals surface area contributed by atoms with E-state index in [4.69, 9.17) is 0 Å². The van der Waals surface area contributed by atoms with Crippen molar-refractivity contribution in [3.8, 4) is 5.82 Å². The molecule has 1 aliphatic rings. The summed E-state index contributed by atoms with van der Waals surface area (Å²) < 4.78 is 1.77. The molecule has 0 unspecified atom stereocenters. The number of aliphatic hydroxyl groups is 1. The largest absolute Gasteiger partial charge is 0.391 e.